The minimum Gasteiger partial charge on any atom is -0.390 e. The van der Waals surface area contributed by atoms with Gasteiger partial charge < -0.3 is 54.7 Å². The maximum absolute atomic E-state index is 12.6. The first-order valence-corrected chi connectivity index (χ1v) is 58.1. The van der Waals surface area contributed by atoms with Gasteiger partial charge in [0.05, 0.1) is 58.3 Å². The van der Waals surface area contributed by atoms with E-state index in [1.54, 1.807) is 6.92 Å². The molecule has 7 N–H and O–H groups in total. The van der Waals surface area contributed by atoms with Gasteiger partial charge >= 0.3 is 0 Å². The molecular weight excluding hydrogens is 1670 g/mol. The molecule has 4 aliphatic heterocycles. The van der Waals surface area contributed by atoms with Crippen LogP contribution in [0.3, 0.4) is 0 Å². The van der Waals surface area contributed by atoms with Gasteiger partial charge in [0.1, 0.15) is 11.7 Å². The van der Waals surface area contributed by atoms with E-state index in [1.807, 2.05) is 19.9 Å². The molecule has 768 valence electrons. The van der Waals surface area contributed by atoms with E-state index < -0.39 is 63.4 Å². The summed E-state index contributed by atoms with van der Waals surface area (Å²) in [4.78, 5) is 0. The van der Waals surface area contributed by atoms with E-state index in [-0.39, 0.29) is 57.4 Å². The van der Waals surface area contributed by atoms with Crippen molar-refractivity contribution in [2.75, 3.05) is 0 Å². The largest absolute Gasteiger partial charge is 0.390 e. The molecule has 4 spiro atoms. The predicted molar refractivity (Wildman–Crippen MR) is 547 cm³/mol. The van der Waals surface area contributed by atoms with Crippen molar-refractivity contribution in [2.24, 2.45) is 206 Å². The molecule has 0 aromatic heterocycles. The monoisotopic (exact) mass is 1870 g/mol. The first-order valence-electron chi connectivity index (χ1n) is 58.1. The van der Waals surface area contributed by atoms with Crippen molar-refractivity contribution in [3.05, 3.63) is 34.9 Å². The second-order valence-electron chi connectivity index (χ2n) is 60.7. The highest BCUT2D eigenvalue weighted by atomic mass is 16.7. The average Bonchev–Trinajstić information content (AvgIpc) is 1.49. The molecule has 4 heterocycles. The minimum absolute atomic E-state index is 0.0604. The molecule has 4 saturated heterocycles. The maximum atomic E-state index is 12.6. The van der Waals surface area contributed by atoms with Gasteiger partial charge in [-0.1, -0.05) is 200 Å². The molecule has 0 radical (unpaired) electrons. The second kappa shape index (κ2) is 32.6. The Bertz CT molecular complexity index is 4530. The van der Waals surface area contributed by atoms with E-state index in [0.29, 0.717) is 109 Å². The van der Waals surface area contributed by atoms with Gasteiger partial charge in [-0.2, -0.15) is 0 Å². The molecule has 46 atom stereocenters. The Morgan fingerprint density at radius 3 is 1.48 bits per heavy atom. The fraction of sp³-hybridized carbons (Fsp3) is 0.952. The fourth-order valence-electron chi connectivity index (χ4n) is 46.6. The third kappa shape index (κ3) is 13.7. The number of rotatable bonds is 9. The molecule has 18 aliphatic carbocycles. The first kappa shape index (κ1) is 102. The predicted octanol–water partition coefficient (Wildman–Crippen LogP) is 28.5. The van der Waals surface area contributed by atoms with Gasteiger partial charge in [0.25, 0.3) is 0 Å². The zero-order valence-electron chi connectivity index (χ0n) is 92.5. The zero-order valence-corrected chi connectivity index (χ0v) is 92.5. The van der Waals surface area contributed by atoms with Gasteiger partial charge in [0, 0.05) is 41.9 Å². The van der Waals surface area contributed by atoms with Crippen molar-refractivity contribution in [1.29, 1.82) is 0 Å². The van der Waals surface area contributed by atoms with Crippen LogP contribution in [0.4, 0.5) is 0 Å². The van der Waals surface area contributed by atoms with Gasteiger partial charge in [-0.3, -0.25) is 0 Å². The molecule has 22 rings (SSSR count). The van der Waals surface area contributed by atoms with E-state index in [0.717, 1.165) is 122 Å². The van der Waals surface area contributed by atoms with Crippen LogP contribution in [0.25, 0.3) is 0 Å². The SMILES string of the molecule is CC(C)=CC1CC(C)(O)C2C3CCC4C5(C)CCC(C)C(C)(C)C5CCC4(C)C34CCC2(C4)O1.CC(C)=CCC1OC2(O)C(C3CCC4C5(C)CCC(C)C(C)(C)C5CCC4(C)C3(O)C2O)C1(C)O.CC(C)=CCC1OC23CCC4(C2)C(C)(CCC2C5(C)CCC(C)C(C)(C)C5CCC24C)C3C1(C)O.CCC(C)CCC1(O)OC2CC3C4CCC5CC(C)CCC5(C)C4CCC3(C)C2C1C. The molecule has 4 bridgehead atoms. The van der Waals surface area contributed by atoms with Crippen LogP contribution in [0.15, 0.2) is 34.9 Å². The zero-order chi connectivity index (χ0) is 98.1. The van der Waals surface area contributed by atoms with Crippen molar-refractivity contribution >= 4 is 0 Å². The number of ether oxygens (including phenoxy) is 4. The van der Waals surface area contributed by atoms with Crippen LogP contribution < -0.4 is 0 Å². The summed E-state index contributed by atoms with van der Waals surface area (Å²) >= 11 is 0. The van der Waals surface area contributed by atoms with Crippen LogP contribution in [0.5, 0.6) is 0 Å². The molecular formula is C124H206O11. The summed E-state index contributed by atoms with van der Waals surface area (Å²) in [6, 6.07) is 0. The molecule has 0 aromatic carbocycles. The number of hydrogen-bond donors (Lipinski definition) is 7. The third-order valence-corrected chi connectivity index (χ3v) is 54.0. The lowest BCUT2D eigenvalue weighted by Crippen LogP contribution is -2.70. The molecule has 0 amide bonds. The second-order valence-corrected chi connectivity index (χ2v) is 60.7. The topological polar surface area (TPSA) is 179 Å². The Labute approximate surface area is 824 Å². The number of aliphatic hydroxyl groups excluding tert-OH is 1. The van der Waals surface area contributed by atoms with Gasteiger partial charge in [-0.25, -0.2) is 0 Å². The Morgan fingerprint density at radius 1 is 0.415 bits per heavy atom. The Hall–Kier alpha value is -1.22. The molecule has 11 nitrogen and oxygen atoms in total. The molecule has 11 heteroatoms. The Balaban J connectivity index is 0.000000116. The normalized spacial score (nSPS) is 58.8. The first-order chi connectivity index (χ1) is 62.4. The van der Waals surface area contributed by atoms with Crippen LogP contribution in [0.2, 0.25) is 0 Å². The highest BCUT2D eigenvalue weighted by Gasteiger charge is 2.88. The molecule has 22 aliphatic rings. The quantitative estimate of drug-likeness (QED) is 0.109. The summed E-state index contributed by atoms with van der Waals surface area (Å²) in [6.45, 7) is 74.2. The van der Waals surface area contributed by atoms with Crippen LogP contribution in [0, 0.1) is 206 Å². The van der Waals surface area contributed by atoms with E-state index in [2.05, 4.69) is 206 Å². The van der Waals surface area contributed by atoms with Gasteiger partial charge in [0.15, 0.2) is 5.79 Å². The van der Waals surface area contributed by atoms with Crippen LogP contribution in [0.1, 0.15) is 459 Å². The van der Waals surface area contributed by atoms with Crippen molar-refractivity contribution in [2.45, 2.75) is 534 Å². The van der Waals surface area contributed by atoms with Gasteiger partial charge in [0.2, 0.25) is 5.79 Å². The van der Waals surface area contributed by atoms with E-state index in [4.69, 9.17) is 18.9 Å². The lowest BCUT2D eigenvalue weighted by molar-refractivity contribution is -0.306. The molecule has 46 unspecified atom stereocenters. The smallest absolute Gasteiger partial charge is 0.201 e. The Morgan fingerprint density at radius 2 is 0.919 bits per heavy atom. The summed E-state index contributed by atoms with van der Waals surface area (Å²) in [7, 11) is 0. The van der Waals surface area contributed by atoms with E-state index >= 15 is 0 Å². The highest BCUT2D eigenvalue weighted by Crippen LogP contribution is 2.89. The van der Waals surface area contributed by atoms with Crippen molar-refractivity contribution < 1.29 is 54.7 Å². The van der Waals surface area contributed by atoms with Crippen LogP contribution in [-0.4, -0.2) is 111 Å². The summed E-state index contributed by atoms with van der Waals surface area (Å²) in [5.74, 6) is 9.87. The summed E-state index contributed by atoms with van der Waals surface area (Å²) < 4.78 is 27.0. The molecule has 0 aromatic rings. The van der Waals surface area contributed by atoms with Crippen molar-refractivity contribution in [3.63, 3.8) is 0 Å². The number of allylic oxidation sites excluding steroid dienone is 3. The average molecular weight is 1870 g/mol. The van der Waals surface area contributed by atoms with E-state index in [1.165, 1.54) is 191 Å². The summed E-state index contributed by atoms with van der Waals surface area (Å²) in [6.07, 6.45) is 51.1. The van der Waals surface area contributed by atoms with Gasteiger partial charge in [-0.15, -0.1) is 0 Å². The summed E-state index contributed by atoms with van der Waals surface area (Å²) in [5, 5.41) is 83.8. The number of aliphatic hydroxyl groups is 7. The van der Waals surface area contributed by atoms with Crippen LogP contribution >= 0.6 is 0 Å². The third-order valence-electron chi connectivity index (χ3n) is 54.0. The Kier molecular flexibility index (Phi) is 24.8. The van der Waals surface area contributed by atoms with E-state index in [9.17, 15) is 35.7 Å². The molecule has 18 saturated carbocycles. The lowest BCUT2D eigenvalue weighted by Gasteiger charge is -2.73. The fourth-order valence-corrected chi connectivity index (χ4v) is 46.6. The maximum Gasteiger partial charge on any atom is 0.201 e. The highest BCUT2D eigenvalue weighted by molar-refractivity contribution is 5.36. The lowest BCUT2D eigenvalue weighted by atomic mass is 9.31. The molecule has 135 heavy (non-hydrogen) atoms. The van der Waals surface area contributed by atoms with Crippen molar-refractivity contribution in [3.8, 4) is 0 Å². The summed E-state index contributed by atoms with van der Waals surface area (Å²) in [5.41, 5.74) is 3.55. The number of hydrogen-bond acceptors (Lipinski definition) is 11. The standard InChI is InChI=1S/C33H54O2.C32H52O2.C30H50O5.C29H50O2/c1-21(2)10-11-25-31(9,34)26-30(8)17-14-24-28(6)15-12-22(3)27(4,5)23(28)13-16-29(24,7)33(30)19-18-32(26,20-33)35-25;1-20(2)17-22-18-30(8,33)26-23-9-10-25-28(6)13-11-21(3)27(4,5)24(28)12-14-29(25,7)31(23)15-16-32(26,19-31)34-22;1-17(2)9-12-22-28(8,32)23-19-10-11-21-26(6)15-13-18(3)25(4,5)20(26)14-16-27(21,7)29(19,33)24(31)30(23,34)35-22;1-7-18(2)11-15-29(30)20(4)26-25(31-29)17-24-22-9-8-21-16-19(3)10-13-27(21,5)23(22)12-14-28(24,26)6/h10,22-26,34H,11-20H2,1-9H3;17,21-26,33H,9-16,18-19H2,1-8H3;9,18-24,31-34H,10-16H2,1-8H3;18-26,30H,7-17H2,1-6H3. The molecule has 22 fully saturated rings. The van der Waals surface area contributed by atoms with Crippen LogP contribution in [-0.2, 0) is 18.9 Å². The van der Waals surface area contributed by atoms with Gasteiger partial charge in [-0.05, 0) is 452 Å². The number of fused-ring (bicyclic) bond motifs is 22. The van der Waals surface area contributed by atoms with Crippen molar-refractivity contribution in [1.82, 2.24) is 0 Å². The minimum atomic E-state index is -1.95.